The molecular weight excluding hydrogens is 541 g/mol. The summed E-state index contributed by atoms with van der Waals surface area (Å²) >= 11 is 0. The normalized spacial score (nSPS) is 14.6. The fraction of sp³-hybridized carbons (Fsp3) is 0.423. The van der Waals surface area contributed by atoms with Crippen LogP contribution in [-0.2, 0) is 17.8 Å². The molecule has 0 bridgehead atoms. The number of nitrogens with one attached hydrogen (secondary N) is 2. The summed E-state index contributed by atoms with van der Waals surface area (Å²) in [6.07, 6.45) is 3.17. The molecule has 2 aromatic carbocycles. The van der Waals surface area contributed by atoms with Crippen LogP contribution in [0.3, 0.4) is 0 Å². The van der Waals surface area contributed by atoms with Gasteiger partial charge in [-0.25, -0.2) is 0 Å². The monoisotopic (exact) mass is 577 g/mol. The molecule has 184 valence electrons. The standard InChI is InChI=1S/C26H35N5O2.HI/c1-27-26(28-12-6-13-31-14-11-22-7-2-4-9-24(22)31)29-21-23-8-3-5-10-25(23)33-20-17-30-15-18-32-19-16-30;/h2-5,7-11,14H,6,12-13,15-21H2,1H3,(H2,27,28,29);1H. The van der Waals surface area contributed by atoms with E-state index in [2.05, 4.69) is 67.7 Å². The van der Waals surface area contributed by atoms with Crippen LogP contribution in [0.5, 0.6) is 5.75 Å². The molecule has 0 spiro atoms. The number of hydrogen-bond acceptors (Lipinski definition) is 4. The molecule has 4 rings (SSSR count). The van der Waals surface area contributed by atoms with Crippen molar-refractivity contribution in [3.63, 3.8) is 0 Å². The number of benzene rings is 2. The van der Waals surface area contributed by atoms with Crippen molar-refractivity contribution in [3.8, 4) is 5.75 Å². The first kappa shape index (κ1) is 26.3. The van der Waals surface area contributed by atoms with Crippen LogP contribution in [0.15, 0.2) is 65.8 Å². The van der Waals surface area contributed by atoms with Crippen LogP contribution in [0.2, 0.25) is 0 Å². The number of hydrogen-bond donors (Lipinski definition) is 2. The van der Waals surface area contributed by atoms with Crippen LogP contribution in [-0.4, -0.2) is 68.5 Å². The number of halogens is 1. The Bertz CT molecular complexity index is 1030. The second kappa shape index (κ2) is 14.2. The lowest BCUT2D eigenvalue weighted by atomic mass is 10.2. The Morgan fingerprint density at radius 3 is 2.65 bits per heavy atom. The van der Waals surface area contributed by atoms with Crippen molar-refractivity contribution >= 4 is 40.8 Å². The zero-order valence-corrected chi connectivity index (χ0v) is 22.2. The smallest absolute Gasteiger partial charge is 0.191 e. The Balaban J connectivity index is 0.00000324. The maximum atomic E-state index is 6.10. The van der Waals surface area contributed by atoms with Gasteiger partial charge in [0.15, 0.2) is 5.96 Å². The lowest BCUT2D eigenvalue weighted by Crippen LogP contribution is -2.39. The number of morpholine rings is 1. The average Bonchev–Trinajstić information content (AvgIpc) is 3.28. The first-order valence-corrected chi connectivity index (χ1v) is 11.8. The lowest BCUT2D eigenvalue weighted by Gasteiger charge is -2.26. The van der Waals surface area contributed by atoms with Crippen LogP contribution in [0.25, 0.3) is 10.9 Å². The first-order chi connectivity index (χ1) is 16.3. The van der Waals surface area contributed by atoms with Gasteiger partial charge in [0.1, 0.15) is 12.4 Å². The Morgan fingerprint density at radius 2 is 1.79 bits per heavy atom. The Hall–Kier alpha value is -2.30. The highest BCUT2D eigenvalue weighted by atomic mass is 127. The second-order valence-corrected chi connectivity index (χ2v) is 8.18. The predicted molar refractivity (Wildman–Crippen MR) is 149 cm³/mol. The van der Waals surface area contributed by atoms with E-state index >= 15 is 0 Å². The highest BCUT2D eigenvalue weighted by molar-refractivity contribution is 14.0. The average molecular weight is 578 g/mol. The minimum atomic E-state index is 0. The molecule has 1 aliphatic rings. The highest BCUT2D eigenvalue weighted by Crippen LogP contribution is 2.18. The van der Waals surface area contributed by atoms with Crippen molar-refractivity contribution in [1.82, 2.24) is 20.1 Å². The van der Waals surface area contributed by atoms with Gasteiger partial charge in [0, 0.05) is 63.6 Å². The maximum Gasteiger partial charge on any atom is 0.191 e. The van der Waals surface area contributed by atoms with E-state index in [-0.39, 0.29) is 24.0 Å². The van der Waals surface area contributed by atoms with Crippen LogP contribution in [0.1, 0.15) is 12.0 Å². The van der Waals surface area contributed by atoms with Gasteiger partial charge < -0.3 is 24.7 Å². The number of rotatable bonds is 10. The van der Waals surface area contributed by atoms with Gasteiger partial charge in [-0.2, -0.15) is 0 Å². The van der Waals surface area contributed by atoms with Gasteiger partial charge >= 0.3 is 0 Å². The summed E-state index contributed by atoms with van der Waals surface area (Å²) in [6, 6.07) is 18.9. The molecule has 0 amide bonds. The molecule has 0 atom stereocenters. The molecule has 1 saturated heterocycles. The zero-order valence-electron chi connectivity index (χ0n) is 19.9. The minimum absolute atomic E-state index is 0. The van der Waals surface area contributed by atoms with Crippen LogP contribution >= 0.6 is 24.0 Å². The van der Waals surface area contributed by atoms with E-state index in [4.69, 9.17) is 9.47 Å². The number of para-hydroxylation sites is 2. The molecule has 8 heteroatoms. The Kier molecular flexibility index (Phi) is 11.0. The number of aryl methyl sites for hydroxylation is 1. The summed E-state index contributed by atoms with van der Waals surface area (Å²) in [6.45, 7) is 7.67. The van der Waals surface area contributed by atoms with Gasteiger partial charge in [0.05, 0.1) is 13.2 Å². The van der Waals surface area contributed by atoms with Crippen molar-refractivity contribution in [2.75, 3.05) is 53.0 Å². The van der Waals surface area contributed by atoms with Gasteiger partial charge in [-0.05, 0) is 30.0 Å². The van der Waals surface area contributed by atoms with E-state index in [9.17, 15) is 0 Å². The molecule has 1 aliphatic heterocycles. The van der Waals surface area contributed by atoms with Crippen molar-refractivity contribution < 1.29 is 9.47 Å². The Labute approximate surface area is 219 Å². The van der Waals surface area contributed by atoms with Gasteiger partial charge in [0.2, 0.25) is 0 Å². The van der Waals surface area contributed by atoms with Gasteiger partial charge in [-0.3, -0.25) is 9.89 Å². The van der Waals surface area contributed by atoms with Crippen molar-refractivity contribution in [3.05, 3.63) is 66.4 Å². The predicted octanol–water partition coefficient (Wildman–Crippen LogP) is 3.73. The highest BCUT2D eigenvalue weighted by Gasteiger charge is 2.11. The topological polar surface area (TPSA) is 63.0 Å². The van der Waals surface area contributed by atoms with Crippen LogP contribution < -0.4 is 15.4 Å². The van der Waals surface area contributed by atoms with Crippen molar-refractivity contribution in [2.45, 2.75) is 19.5 Å². The van der Waals surface area contributed by atoms with Crippen LogP contribution in [0.4, 0.5) is 0 Å². The molecule has 0 unspecified atom stereocenters. The summed E-state index contributed by atoms with van der Waals surface area (Å²) in [7, 11) is 1.81. The molecule has 0 radical (unpaired) electrons. The fourth-order valence-corrected chi connectivity index (χ4v) is 4.09. The molecule has 2 N–H and O–H groups in total. The molecule has 1 fully saturated rings. The first-order valence-electron chi connectivity index (χ1n) is 11.8. The van der Waals surface area contributed by atoms with E-state index in [1.165, 1.54) is 10.9 Å². The van der Waals surface area contributed by atoms with Gasteiger partial charge in [0.25, 0.3) is 0 Å². The molecule has 0 saturated carbocycles. The molecule has 7 nitrogen and oxygen atoms in total. The molecule has 1 aromatic heterocycles. The third kappa shape index (κ3) is 7.61. The number of ether oxygens (including phenoxy) is 2. The summed E-state index contributed by atoms with van der Waals surface area (Å²) < 4.78 is 13.8. The lowest BCUT2D eigenvalue weighted by molar-refractivity contribution is 0.0322. The molecular formula is C26H36IN5O2. The Morgan fingerprint density at radius 1 is 1.00 bits per heavy atom. The number of aromatic nitrogens is 1. The third-order valence-electron chi connectivity index (χ3n) is 5.96. The van der Waals surface area contributed by atoms with Crippen molar-refractivity contribution in [1.29, 1.82) is 0 Å². The van der Waals surface area contributed by atoms with E-state index in [1.54, 1.807) is 7.05 Å². The summed E-state index contributed by atoms with van der Waals surface area (Å²) in [5.41, 5.74) is 2.41. The van der Waals surface area contributed by atoms with E-state index in [0.29, 0.717) is 13.2 Å². The summed E-state index contributed by atoms with van der Waals surface area (Å²) in [4.78, 5) is 6.75. The number of aliphatic imine (C=N–C) groups is 1. The van der Waals surface area contributed by atoms with E-state index in [1.807, 2.05) is 18.2 Å². The maximum absolute atomic E-state index is 6.10. The van der Waals surface area contributed by atoms with E-state index < -0.39 is 0 Å². The van der Waals surface area contributed by atoms with Crippen LogP contribution in [0, 0.1) is 0 Å². The zero-order chi connectivity index (χ0) is 22.7. The molecule has 34 heavy (non-hydrogen) atoms. The summed E-state index contributed by atoms with van der Waals surface area (Å²) in [5.74, 6) is 1.73. The number of fused-ring (bicyclic) bond motifs is 1. The largest absolute Gasteiger partial charge is 0.492 e. The third-order valence-corrected chi connectivity index (χ3v) is 5.96. The second-order valence-electron chi connectivity index (χ2n) is 8.18. The van der Waals surface area contributed by atoms with E-state index in [0.717, 1.165) is 69.6 Å². The minimum Gasteiger partial charge on any atom is -0.492 e. The van der Waals surface area contributed by atoms with Gasteiger partial charge in [-0.15, -0.1) is 24.0 Å². The number of guanidine groups is 1. The quantitative estimate of drug-likeness (QED) is 0.167. The fourth-order valence-electron chi connectivity index (χ4n) is 4.09. The SMILES string of the molecule is CN=C(NCCCn1ccc2ccccc21)NCc1ccccc1OCCN1CCOCC1.I. The van der Waals surface area contributed by atoms with Gasteiger partial charge in [-0.1, -0.05) is 36.4 Å². The number of nitrogens with zero attached hydrogens (tertiary/aromatic N) is 3. The molecule has 3 aromatic rings. The van der Waals surface area contributed by atoms with Crippen molar-refractivity contribution in [2.24, 2.45) is 4.99 Å². The molecule has 2 heterocycles. The molecule has 0 aliphatic carbocycles. The summed E-state index contributed by atoms with van der Waals surface area (Å²) in [5, 5.41) is 8.12.